The van der Waals surface area contributed by atoms with E-state index in [0.717, 1.165) is 14.2 Å². The van der Waals surface area contributed by atoms with E-state index in [1.54, 1.807) is 13.8 Å². The molecule has 0 atom stereocenters. The topological polar surface area (TPSA) is 83.3 Å². The van der Waals surface area contributed by atoms with Gasteiger partial charge in [-0.1, -0.05) is 0 Å². The molecule has 0 aliphatic heterocycles. The SMILES string of the molecule is CC(=[OH+])CC(C)=[OH+].CO.CO.[Cl][Nb][Cl]. The van der Waals surface area contributed by atoms with Crippen LogP contribution < -0.4 is 0 Å². The summed E-state index contributed by atoms with van der Waals surface area (Å²) < 4.78 is 0. The van der Waals surface area contributed by atoms with Crippen LogP contribution in [0, 0.1) is 0 Å². The number of hydrogen-bond acceptors (Lipinski definition) is 2. The third-order valence-electron chi connectivity index (χ3n) is 0.512. The van der Waals surface area contributed by atoms with E-state index < -0.39 is 17.6 Å². The Labute approximate surface area is 102 Å². The molecule has 0 saturated carbocycles. The van der Waals surface area contributed by atoms with Crippen molar-refractivity contribution in [1.82, 2.24) is 0 Å². The molecule has 14 heavy (non-hydrogen) atoms. The van der Waals surface area contributed by atoms with Crippen LogP contribution in [0.15, 0.2) is 0 Å². The minimum atomic E-state index is -0.706. The van der Waals surface area contributed by atoms with Crippen molar-refractivity contribution in [2.24, 2.45) is 0 Å². The van der Waals surface area contributed by atoms with E-state index in [9.17, 15) is 0 Å². The first-order valence-electron chi connectivity index (χ1n) is 3.39. The van der Waals surface area contributed by atoms with Crippen LogP contribution in [0.4, 0.5) is 0 Å². The number of halogens is 2. The van der Waals surface area contributed by atoms with E-state index in [0.29, 0.717) is 6.42 Å². The Kier molecular flexibility index (Phi) is 50.1. The minimum absolute atomic E-state index is 0.250. The summed E-state index contributed by atoms with van der Waals surface area (Å²) in [7, 11) is 11.8. The van der Waals surface area contributed by atoms with E-state index in [4.69, 9.17) is 38.2 Å². The van der Waals surface area contributed by atoms with Crippen LogP contribution in [0.25, 0.3) is 0 Å². The average molecular weight is 330 g/mol. The number of hydrogen-bond donors (Lipinski definition) is 2. The maximum atomic E-state index is 8.46. The van der Waals surface area contributed by atoms with Gasteiger partial charge in [-0.15, -0.1) is 0 Å². The van der Waals surface area contributed by atoms with Gasteiger partial charge in [-0.2, -0.15) is 0 Å². The Balaban J connectivity index is -0.0000000603. The molecule has 87 valence electrons. The standard InChI is InChI=1S/C5H8O2.2CH4O.2ClH.Nb/c1-4(6)3-5(2)7;2*1-2;;;/h3H2,1-2H3;2*2H,1H3;2*1H;/q;;;;;+2. The fraction of sp³-hybridized carbons (Fsp3) is 0.714. The Hall–Kier alpha value is 0.580. The molecular formula is C7H18Cl2NbO4+2. The van der Waals surface area contributed by atoms with Crippen molar-refractivity contribution in [2.75, 3.05) is 14.2 Å². The normalized spacial score (nSPS) is 6.00. The van der Waals surface area contributed by atoms with Gasteiger partial charge in [0.1, 0.15) is 0 Å². The van der Waals surface area contributed by atoms with Crippen molar-refractivity contribution in [3.05, 3.63) is 0 Å². The molecule has 0 rings (SSSR count). The van der Waals surface area contributed by atoms with Crippen molar-refractivity contribution in [3.8, 4) is 0 Å². The third kappa shape index (κ3) is 80.4. The molecular weight excluding hydrogens is 312 g/mol. The zero-order valence-corrected chi connectivity index (χ0v) is 12.4. The summed E-state index contributed by atoms with van der Waals surface area (Å²) >= 11 is -0.706. The van der Waals surface area contributed by atoms with Gasteiger partial charge in [-0.05, 0) is 0 Å². The maximum absolute atomic E-state index is 8.46. The van der Waals surface area contributed by atoms with Gasteiger partial charge in [-0.25, -0.2) is 0 Å². The van der Waals surface area contributed by atoms with Crippen LogP contribution in [-0.4, -0.2) is 45.6 Å². The van der Waals surface area contributed by atoms with Gasteiger partial charge in [0.2, 0.25) is 0 Å². The molecule has 0 saturated heterocycles. The molecule has 0 radical (unpaired) electrons. The van der Waals surface area contributed by atoms with Crippen LogP contribution >= 0.6 is 18.4 Å². The predicted octanol–water partition coefficient (Wildman–Crippen LogP) is 1.10. The second-order valence-corrected chi connectivity index (χ2v) is 5.05. The molecule has 0 unspecified atom stereocenters. The number of aliphatic hydroxyl groups excluding tert-OH is 2. The van der Waals surface area contributed by atoms with E-state index in [2.05, 4.69) is 0 Å². The van der Waals surface area contributed by atoms with E-state index in [-0.39, 0.29) is 11.6 Å². The fourth-order valence-electron chi connectivity index (χ4n) is 0.370. The molecule has 0 aromatic carbocycles. The van der Waals surface area contributed by atoms with Crippen molar-refractivity contribution in [1.29, 1.82) is 0 Å². The second kappa shape index (κ2) is 29.2. The van der Waals surface area contributed by atoms with Gasteiger partial charge in [0.15, 0.2) is 6.42 Å². The number of carbonyl (C=O) groups excluding carboxylic acids is 2. The molecule has 4 nitrogen and oxygen atoms in total. The summed E-state index contributed by atoms with van der Waals surface area (Å²) in [6.07, 6.45) is 0.306. The first-order valence-corrected chi connectivity index (χ1v) is 9.05. The summed E-state index contributed by atoms with van der Waals surface area (Å²) in [5.41, 5.74) is 0. The molecule has 0 heterocycles. The van der Waals surface area contributed by atoms with Gasteiger partial charge in [0.05, 0.1) is 0 Å². The molecule has 4 N–H and O–H groups in total. The van der Waals surface area contributed by atoms with E-state index in [1.165, 1.54) is 0 Å². The second-order valence-electron chi connectivity index (χ2n) is 1.71. The Morgan fingerprint density at radius 2 is 1.14 bits per heavy atom. The molecule has 0 aliphatic rings. The van der Waals surface area contributed by atoms with E-state index >= 15 is 0 Å². The molecule has 0 aromatic heterocycles. The summed E-state index contributed by atoms with van der Waals surface area (Å²) in [6, 6.07) is 0. The predicted molar refractivity (Wildman–Crippen MR) is 57.8 cm³/mol. The zero-order valence-electron chi connectivity index (χ0n) is 8.70. The van der Waals surface area contributed by atoms with Gasteiger partial charge < -0.3 is 10.2 Å². The molecule has 0 aliphatic carbocycles. The van der Waals surface area contributed by atoms with Crippen LogP contribution in [0.1, 0.15) is 20.3 Å². The van der Waals surface area contributed by atoms with Crippen molar-refractivity contribution in [3.63, 3.8) is 0 Å². The Morgan fingerprint density at radius 1 is 1.00 bits per heavy atom. The zero-order chi connectivity index (χ0) is 12.6. The summed E-state index contributed by atoms with van der Waals surface area (Å²) in [4.78, 5) is 16.9. The summed E-state index contributed by atoms with van der Waals surface area (Å²) in [6.45, 7) is 3.11. The number of aliphatic hydroxyl groups is 2. The van der Waals surface area contributed by atoms with Crippen molar-refractivity contribution >= 4 is 29.9 Å². The quantitative estimate of drug-likeness (QED) is 0.451. The van der Waals surface area contributed by atoms with Crippen LogP contribution in [-0.2, 0) is 17.6 Å². The van der Waals surface area contributed by atoms with Gasteiger partial charge in [0.25, 0.3) is 0 Å². The molecule has 7 heteroatoms. The number of ketones is 2. The van der Waals surface area contributed by atoms with Crippen LogP contribution in [0.3, 0.4) is 0 Å². The van der Waals surface area contributed by atoms with Crippen molar-refractivity contribution < 1.29 is 37.4 Å². The van der Waals surface area contributed by atoms with Gasteiger partial charge in [0, 0.05) is 28.1 Å². The summed E-state index contributed by atoms with van der Waals surface area (Å²) in [5, 5.41) is 14.0. The van der Waals surface area contributed by atoms with Crippen LogP contribution in [0.2, 0.25) is 0 Å². The number of rotatable bonds is 2. The first kappa shape index (κ1) is 24.0. The molecule has 0 amide bonds. The Bertz CT molecular complexity index is 110. The first-order chi connectivity index (χ1) is 6.54. The molecule has 0 bridgehead atoms. The van der Waals surface area contributed by atoms with Gasteiger partial charge in [-0.3, -0.25) is 9.59 Å². The monoisotopic (exact) mass is 329 g/mol. The molecule has 0 aromatic rings. The van der Waals surface area contributed by atoms with Crippen molar-refractivity contribution in [2.45, 2.75) is 20.3 Å². The van der Waals surface area contributed by atoms with Crippen LogP contribution in [0.5, 0.6) is 0 Å². The Morgan fingerprint density at radius 3 is 1.14 bits per heavy atom. The summed E-state index contributed by atoms with van der Waals surface area (Å²) in [5.74, 6) is 0.500. The van der Waals surface area contributed by atoms with E-state index in [1.807, 2.05) is 0 Å². The molecule has 0 fully saturated rings. The third-order valence-corrected chi connectivity index (χ3v) is 0.512. The molecule has 0 spiro atoms. The fourth-order valence-corrected chi connectivity index (χ4v) is 0.370. The average Bonchev–Trinajstić information content (AvgIpc) is 2.10. The van der Waals surface area contributed by atoms with Gasteiger partial charge >= 0.3 is 47.5 Å².